The first-order chi connectivity index (χ1) is 10.3. The standard InChI is InChI=1S/C16H23N5/c1-2-7-17-10-16-13-21(19-18-16)9-8-20-11-14-5-3-4-6-15(14)12-20/h3-6,13,17H,2,7-12H2,1H3. The third-order valence-electron chi connectivity index (χ3n) is 3.87. The Bertz CT molecular complexity index is 553. The zero-order valence-electron chi connectivity index (χ0n) is 12.6. The van der Waals surface area contributed by atoms with Crippen molar-refractivity contribution in [2.75, 3.05) is 13.1 Å². The molecule has 3 rings (SSSR count). The maximum absolute atomic E-state index is 4.21. The summed E-state index contributed by atoms with van der Waals surface area (Å²) >= 11 is 0. The normalized spacial score (nSPS) is 14.5. The Balaban J connectivity index is 1.46. The molecular weight excluding hydrogens is 262 g/mol. The molecule has 0 saturated carbocycles. The summed E-state index contributed by atoms with van der Waals surface area (Å²) in [6.45, 7) is 8.01. The summed E-state index contributed by atoms with van der Waals surface area (Å²) in [5, 5.41) is 11.8. The highest BCUT2D eigenvalue weighted by molar-refractivity contribution is 5.30. The van der Waals surface area contributed by atoms with Crippen LogP contribution in [0.25, 0.3) is 0 Å². The summed E-state index contributed by atoms with van der Waals surface area (Å²) in [6.07, 6.45) is 3.19. The maximum Gasteiger partial charge on any atom is 0.0964 e. The van der Waals surface area contributed by atoms with Crippen LogP contribution < -0.4 is 5.32 Å². The summed E-state index contributed by atoms with van der Waals surface area (Å²) < 4.78 is 1.95. The Morgan fingerprint density at radius 1 is 1.14 bits per heavy atom. The van der Waals surface area contributed by atoms with E-state index in [0.717, 1.165) is 51.4 Å². The fourth-order valence-electron chi connectivity index (χ4n) is 2.73. The minimum Gasteiger partial charge on any atom is -0.311 e. The van der Waals surface area contributed by atoms with Crippen LogP contribution in [0.1, 0.15) is 30.2 Å². The number of benzene rings is 1. The highest BCUT2D eigenvalue weighted by atomic mass is 15.4. The Morgan fingerprint density at radius 3 is 2.62 bits per heavy atom. The van der Waals surface area contributed by atoms with Crippen LogP contribution in [0.15, 0.2) is 30.5 Å². The lowest BCUT2D eigenvalue weighted by Gasteiger charge is -2.13. The lowest BCUT2D eigenvalue weighted by atomic mass is 10.1. The molecular formula is C16H23N5. The first-order valence-electron chi connectivity index (χ1n) is 7.74. The van der Waals surface area contributed by atoms with Crippen molar-refractivity contribution >= 4 is 0 Å². The predicted molar refractivity (Wildman–Crippen MR) is 82.6 cm³/mol. The molecule has 0 aliphatic carbocycles. The van der Waals surface area contributed by atoms with Gasteiger partial charge in [0, 0.05) is 32.4 Å². The molecule has 2 heterocycles. The van der Waals surface area contributed by atoms with Gasteiger partial charge in [0.15, 0.2) is 0 Å². The van der Waals surface area contributed by atoms with Gasteiger partial charge in [0.2, 0.25) is 0 Å². The summed E-state index contributed by atoms with van der Waals surface area (Å²) in [4.78, 5) is 2.46. The van der Waals surface area contributed by atoms with E-state index in [1.165, 1.54) is 11.1 Å². The number of hydrogen-bond acceptors (Lipinski definition) is 4. The molecule has 1 aliphatic heterocycles. The molecule has 0 bridgehead atoms. The van der Waals surface area contributed by atoms with Crippen LogP contribution in [-0.2, 0) is 26.2 Å². The van der Waals surface area contributed by atoms with Crippen LogP contribution in [-0.4, -0.2) is 33.0 Å². The van der Waals surface area contributed by atoms with Crippen molar-refractivity contribution < 1.29 is 0 Å². The van der Waals surface area contributed by atoms with Crippen molar-refractivity contribution in [3.8, 4) is 0 Å². The molecule has 1 aromatic heterocycles. The second-order valence-electron chi connectivity index (χ2n) is 5.63. The Kier molecular flexibility index (Phi) is 4.62. The van der Waals surface area contributed by atoms with Crippen molar-refractivity contribution in [2.24, 2.45) is 0 Å². The molecule has 0 saturated heterocycles. The van der Waals surface area contributed by atoms with E-state index in [1.54, 1.807) is 0 Å². The number of aromatic nitrogens is 3. The molecule has 0 radical (unpaired) electrons. The lowest BCUT2D eigenvalue weighted by molar-refractivity contribution is 0.266. The number of nitrogens with zero attached hydrogens (tertiary/aromatic N) is 4. The Hall–Kier alpha value is -1.72. The van der Waals surface area contributed by atoms with E-state index >= 15 is 0 Å². The molecule has 5 nitrogen and oxygen atoms in total. The van der Waals surface area contributed by atoms with E-state index in [4.69, 9.17) is 0 Å². The number of rotatable bonds is 7. The van der Waals surface area contributed by atoms with Gasteiger partial charge in [-0.15, -0.1) is 5.10 Å². The highest BCUT2D eigenvalue weighted by Crippen LogP contribution is 2.21. The number of hydrogen-bond donors (Lipinski definition) is 1. The van der Waals surface area contributed by atoms with Crippen molar-refractivity contribution in [3.05, 3.63) is 47.3 Å². The van der Waals surface area contributed by atoms with Crippen molar-refractivity contribution in [3.63, 3.8) is 0 Å². The van der Waals surface area contributed by atoms with E-state index < -0.39 is 0 Å². The molecule has 112 valence electrons. The van der Waals surface area contributed by atoms with E-state index in [2.05, 4.69) is 51.7 Å². The van der Waals surface area contributed by atoms with Crippen LogP contribution in [0.4, 0.5) is 0 Å². The summed E-state index contributed by atoms with van der Waals surface area (Å²) in [7, 11) is 0. The van der Waals surface area contributed by atoms with Crippen molar-refractivity contribution in [2.45, 2.75) is 39.5 Å². The fraction of sp³-hybridized carbons (Fsp3) is 0.500. The second kappa shape index (κ2) is 6.83. The summed E-state index contributed by atoms with van der Waals surface area (Å²) in [5.74, 6) is 0. The van der Waals surface area contributed by atoms with Crippen LogP contribution in [0.3, 0.4) is 0 Å². The van der Waals surface area contributed by atoms with Gasteiger partial charge in [0.1, 0.15) is 0 Å². The highest BCUT2D eigenvalue weighted by Gasteiger charge is 2.17. The smallest absolute Gasteiger partial charge is 0.0964 e. The van der Waals surface area contributed by atoms with Gasteiger partial charge >= 0.3 is 0 Å². The van der Waals surface area contributed by atoms with E-state index in [1.807, 2.05) is 10.9 Å². The monoisotopic (exact) mass is 285 g/mol. The van der Waals surface area contributed by atoms with E-state index in [0.29, 0.717) is 0 Å². The molecule has 0 fully saturated rings. The first-order valence-corrected chi connectivity index (χ1v) is 7.74. The first kappa shape index (κ1) is 14.2. The third kappa shape index (κ3) is 3.68. The van der Waals surface area contributed by atoms with Crippen molar-refractivity contribution in [1.29, 1.82) is 0 Å². The second-order valence-corrected chi connectivity index (χ2v) is 5.63. The average molecular weight is 285 g/mol. The number of fused-ring (bicyclic) bond motifs is 1. The van der Waals surface area contributed by atoms with Gasteiger partial charge in [-0.2, -0.15) is 0 Å². The fourth-order valence-corrected chi connectivity index (χ4v) is 2.73. The van der Waals surface area contributed by atoms with Gasteiger partial charge in [0.25, 0.3) is 0 Å². The van der Waals surface area contributed by atoms with Crippen LogP contribution >= 0.6 is 0 Å². The molecule has 0 unspecified atom stereocenters. The zero-order valence-corrected chi connectivity index (χ0v) is 12.6. The van der Waals surface area contributed by atoms with Gasteiger partial charge in [-0.05, 0) is 24.1 Å². The van der Waals surface area contributed by atoms with Gasteiger partial charge in [-0.3, -0.25) is 9.58 Å². The Morgan fingerprint density at radius 2 is 1.90 bits per heavy atom. The average Bonchev–Trinajstić information content (AvgIpc) is 3.11. The molecule has 1 aliphatic rings. The van der Waals surface area contributed by atoms with Gasteiger partial charge in [0.05, 0.1) is 12.2 Å². The zero-order chi connectivity index (χ0) is 14.5. The Labute approximate surface area is 126 Å². The minimum atomic E-state index is 0.809. The SMILES string of the molecule is CCCNCc1cn(CCN2Cc3ccccc3C2)nn1. The molecule has 1 aromatic carbocycles. The summed E-state index contributed by atoms with van der Waals surface area (Å²) in [6, 6.07) is 8.69. The van der Waals surface area contributed by atoms with Crippen LogP contribution in [0.2, 0.25) is 0 Å². The third-order valence-corrected chi connectivity index (χ3v) is 3.87. The van der Waals surface area contributed by atoms with Crippen LogP contribution in [0, 0.1) is 0 Å². The molecule has 21 heavy (non-hydrogen) atoms. The number of nitrogens with one attached hydrogen (secondary N) is 1. The van der Waals surface area contributed by atoms with E-state index in [9.17, 15) is 0 Å². The molecule has 0 spiro atoms. The molecule has 2 aromatic rings. The topological polar surface area (TPSA) is 46.0 Å². The quantitative estimate of drug-likeness (QED) is 0.788. The van der Waals surface area contributed by atoms with E-state index in [-0.39, 0.29) is 0 Å². The molecule has 0 amide bonds. The van der Waals surface area contributed by atoms with Crippen molar-refractivity contribution in [1.82, 2.24) is 25.2 Å². The lowest BCUT2D eigenvalue weighted by Crippen LogP contribution is -2.22. The maximum atomic E-state index is 4.21. The molecule has 1 N–H and O–H groups in total. The summed E-state index contributed by atoms with van der Waals surface area (Å²) in [5.41, 5.74) is 3.94. The van der Waals surface area contributed by atoms with Gasteiger partial charge < -0.3 is 5.32 Å². The molecule has 5 heteroatoms. The predicted octanol–water partition coefficient (Wildman–Crippen LogP) is 1.79. The van der Waals surface area contributed by atoms with Gasteiger partial charge in [-0.1, -0.05) is 36.4 Å². The minimum absolute atomic E-state index is 0.809. The molecule has 0 atom stereocenters. The van der Waals surface area contributed by atoms with Gasteiger partial charge in [-0.25, -0.2) is 0 Å². The van der Waals surface area contributed by atoms with Crippen LogP contribution in [0.5, 0.6) is 0 Å². The largest absolute Gasteiger partial charge is 0.311 e.